The van der Waals surface area contributed by atoms with Crippen LogP contribution in [0.1, 0.15) is 10.4 Å². The summed E-state index contributed by atoms with van der Waals surface area (Å²) in [6.45, 7) is -0.508. The fourth-order valence-electron chi connectivity index (χ4n) is 1.81. The van der Waals surface area contributed by atoms with E-state index >= 15 is 0 Å². The third kappa shape index (κ3) is 4.43. The van der Waals surface area contributed by atoms with Crippen molar-refractivity contribution in [3.63, 3.8) is 0 Å². The highest BCUT2D eigenvalue weighted by Crippen LogP contribution is 2.24. The van der Waals surface area contributed by atoms with Crippen LogP contribution in [0.25, 0.3) is 0 Å². The molecule has 0 aliphatic heterocycles. The lowest BCUT2D eigenvalue weighted by Gasteiger charge is -2.09. The number of benzene rings is 2. The summed E-state index contributed by atoms with van der Waals surface area (Å²) in [6.07, 6.45) is 0. The van der Waals surface area contributed by atoms with Crippen LogP contribution in [0, 0.1) is 10.1 Å². The molecule has 0 bridgehead atoms. The van der Waals surface area contributed by atoms with Gasteiger partial charge >= 0.3 is 5.97 Å². The van der Waals surface area contributed by atoms with Crippen LogP contribution >= 0.6 is 11.6 Å². The van der Waals surface area contributed by atoms with Gasteiger partial charge in [-0.2, -0.15) is 0 Å². The molecule has 0 heterocycles. The molecule has 2 rings (SSSR count). The molecule has 1 amide bonds. The number of ether oxygens (including phenoxy) is 1. The molecule has 0 atom stereocenters. The van der Waals surface area contributed by atoms with Crippen molar-refractivity contribution in [2.24, 2.45) is 0 Å². The lowest BCUT2D eigenvalue weighted by atomic mass is 10.2. The summed E-state index contributed by atoms with van der Waals surface area (Å²) in [5.74, 6) is -1.42. The first kappa shape index (κ1) is 17.2. The number of halogens is 1. The summed E-state index contributed by atoms with van der Waals surface area (Å²) in [7, 11) is 0. The highest BCUT2D eigenvalue weighted by Gasteiger charge is 2.15. The van der Waals surface area contributed by atoms with Crippen molar-refractivity contribution in [2.75, 3.05) is 11.9 Å². The maximum Gasteiger partial charge on any atom is 0.341 e. The number of amides is 1. The van der Waals surface area contributed by atoms with Gasteiger partial charge in [0, 0.05) is 23.9 Å². The molecule has 2 aromatic carbocycles. The number of carboxylic acids is 1. The quantitative estimate of drug-likeness (QED) is 0.610. The maximum atomic E-state index is 12.2. The molecule has 0 saturated heterocycles. The minimum atomic E-state index is -1.12. The van der Waals surface area contributed by atoms with Crippen LogP contribution in [0.15, 0.2) is 42.5 Å². The van der Waals surface area contributed by atoms with Crippen LogP contribution in [0.4, 0.5) is 11.4 Å². The van der Waals surface area contributed by atoms with Gasteiger partial charge in [0.1, 0.15) is 5.75 Å². The van der Waals surface area contributed by atoms with Crippen LogP contribution in [0.3, 0.4) is 0 Å². The molecule has 0 spiro atoms. The van der Waals surface area contributed by atoms with E-state index in [1.165, 1.54) is 24.3 Å². The Morgan fingerprint density at radius 1 is 1.25 bits per heavy atom. The van der Waals surface area contributed by atoms with Gasteiger partial charge in [0.25, 0.3) is 11.6 Å². The van der Waals surface area contributed by atoms with E-state index in [9.17, 15) is 19.7 Å². The second kappa shape index (κ2) is 7.42. The Kier molecular flexibility index (Phi) is 5.33. The smallest absolute Gasteiger partial charge is 0.341 e. The summed E-state index contributed by atoms with van der Waals surface area (Å²) in [4.78, 5) is 32.7. The summed E-state index contributed by atoms with van der Waals surface area (Å²) < 4.78 is 5.01. The molecular weight excluding hydrogens is 340 g/mol. The van der Waals surface area contributed by atoms with Crippen molar-refractivity contribution in [3.8, 4) is 5.75 Å². The fourth-order valence-corrected chi connectivity index (χ4v) is 2.07. The molecule has 0 aromatic heterocycles. The van der Waals surface area contributed by atoms with Crippen LogP contribution in [-0.4, -0.2) is 28.5 Å². The number of anilines is 1. The molecule has 2 N–H and O–H groups in total. The monoisotopic (exact) mass is 350 g/mol. The largest absolute Gasteiger partial charge is 0.482 e. The van der Waals surface area contributed by atoms with E-state index in [0.29, 0.717) is 5.69 Å². The van der Waals surface area contributed by atoms with Crippen molar-refractivity contribution in [1.29, 1.82) is 0 Å². The predicted octanol–water partition coefficient (Wildman–Crippen LogP) is 2.96. The van der Waals surface area contributed by atoms with Crippen LogP contribution < -0.4 is 10.1 Å². The van der Waals surface area contributed by atoms with E-state index in [2.05, 4.69) is 5.32 Å². The summed E-state index contributed by atoms with van der Waals surface area (Å²) >= 11 is 5.90. The first-order valence-electron chi connectivity index (χ1n) is 6.57. The number of nitrogens with zero attached hydrogens (tertiary/aromatic N) is 1. The predicted molar refractivity (Wildman–Crippen MR) is 85.6 cm³/mol. The van der Waals surface area contributed by atoms with Crippen LogP contribution in [0.2, 0.25) is 5.02 Å². The van der Waals surface area contributed by atoms with Crippen molar-refractivity contribution in [1.82, 2.24) is 0 Å². The lowest BCUT2D eigenvalue weighted by Crippen LogP contribution is -2.13. The molecule has 2 aromatic rings. The van der Waals surface area contributed by atoms with Gasteiger partial charge < -0.3 is 15.2 Å². The number of aliphatic carboxylic acids is 1. The highest BCUT2D eigenvalue weighted by molar-refractivity contribution is 6.34. The van der Waals surface area contributed by atoms with Crippen molar-refractivity contribution < 1.29 is 24.4 Å². The van der Waals surface area contributed by atoms with E-state index in [1.54, 1.807) is 12.1 Å². The molecule has 0 fully saturated rings. The molecular formula is C15H11ClN2O6. The molecule has 0 aliphatic rings. The number of carbonyl (C=O) groups is 2. The van der Waals surface area contributed by atoms with Crippen LogP contribution in [0.5, 0.6) is 5.75 Å². The number of rotatable bonds is 6. The number of nitrogens with one attached hydrogen (secondary N) is 1. The number of hydrogen-bond acceptors (Lipinski definition) is 5. The van der Waals surface area contributed by atoms with Gasteiger partial charge in [-0.15, -0.1) is 0 Å². The van der Waals surface area contributed by atoms with E-state index in [1.807, 2.05) is 0 Å². The van der Waals surface area contributed by atoms with Gasteiger partial charge in [-0.1, -0.05) is 17.7 Å². The molecule has 9 heteroatoms. The normalized spacial score (nSPS) is 10.0. The fraction of sp³-hybridized carbons (Fsp3) is 0.0667. The molecule has 0 unspecified atom stereocenters. The van der Waals surface area contributed by atoms with Gasteiger partial charge in [-0.3, -0.25) is 14.9 Å². The first-order valence-corrected chi connectivity index (χ1v) is 6.94. The molecule has 24 heavy (non-hydrogen) atoms. The van der Waals surface area contributed by atoms with E-state index < -0.39 is 23.4 Å². The number of carbonyl (C=O) groups excluding carboxylic acids is 1. The zero-order valence-electron chi connectivity index (χ0n) is 12.1. The highest BCUT2D eigenvalue weighted by atomic mass is 35.5. The summed E-state index contributed by atoms with van der Waals surface area (Å²) in [5.41, 5.74) is 0.206. The number of hydrogen-bond donors (Lipinski definition) is 2. The van der Waals surface area contributed by atoms with Gasteiger partial charge in [0.15, 0.2) is 6.61 Å². The molecule has 0 radical (unpaired) electrons. The van der Waals surface area contributed by atoms with E-state index in [-0.39, 0.29) is 22.0 Å². The minimum Gasteiger partial charge on any atom is -0.482 e. The number of nitro benzene ring substituents is 1. The topological polar surface area (TPSA) is 119 Å². The number of non-ortho nitro benzene ring substituents is 1. The van der Waals surface area contributed by atoms with Crippen LogP contribution in [-0.2, 0) is 4.79 Å². The van der Waals surface area contributed by atoms with Crippen molar-refractivity contribution >= 4 is 34.9 Å². The standard InChI is InChI=1S/C15H11ClN2O6/c16-13-7-10(18(22)23)4-5-12(13)15(21)17-9-2-1-3-11(6-9)24-8-14(19)20/h1-7H,8H2,(H,17,21)(H,19,20). The minimum absolute atomic E-state index is 0.0556. The van der Waals surface area contributed by atoms with E-state index in [0.717, 1.165) is 6.07 Å². The van der Waals surface area contributed by atoms with Gasteiger partial charge in [0.05, 0.1) is 15.5 Å². The Labute approximate surface area is 140 Å². The number of carboxylic acid groups (broad SMARTS) is 1. The van der Waals surface area contributed by atoms with Gasteiger partial charge in [-0.25, -0.2) is 4.79 Å². The zero-order chi connectivity index (χ0) is 17.7. The number of nitro groups is 1. The van der Waals surface area contributed by atoms with Gasteiger partial charge in [0.2, 0.25) is 0 Å². The Morgan fingerprint density at radius 2 is 2.00 bits per heavy atom. The Hall–Kier alpha value is -3.13. The first-order chi connectivity index (χ1) is 11.4. The van der Waals surface area contributed by atoms with Crippen molar-refractivity contribution in [3.05, 3.63) is 63.2 Å². The Balaban J connectivity index is 2.13. The third-order valence-electron chi connectivity index (χ3n) is 2.86. The zero-order valence-corrected chi connectivity index (χ0v) is 12.8. The average molecular weight is 351 g/mol. The van der Waals surface area contributed by atoms with Crippen molar-refractivity contribution in [2.45, 2.75) is 0 Å². The molecule has 0 saturated carbocycles. The second-order valence-corrected chi connectivity index (χ2v) is 4.99. The Bertz CT molecular complexity index is 808. The maximum absolute atomic E-state index is 12.2. The summed E-state index contributed by atoms with van der Waals surface area (Å²) in [5, 5.41) is 21.7. The third-order valence-corrected chi connectivity index (χ3v) is 3.18. The summed E-state index contributed by atoms with van der Waals surface area (Å²) in [6, 6.07) is 9.64. The average Bonchev–Trinajstić information content (AvgIpc) is 2.53. The lowest BCUT2D eigenvalue weighted by molar-refractivity contribution is -0.384. The molecule has 8 nitrogen and oxygen atoms in total. The van der Waals surface area contributed by atoms with E-state index in [4.69, 9.17) is 21.4 Å². The SMILES string of the molecule is O=C(O)COc1cccc(NC(=O)c2ccc([N+](=O)[O-])cc2Cl)c1. The Morgan fingerprint density at radius 3 is 2.62 bits per heavy atom. The van der Waals surface area contributed by atoms with Gasteiger partial charge in [-0.05, 0) is 18.2 Å². The molecule has 124 valence electrons. The molecule has 0 aliphatic carbocycles. The second-order valence-electron chi connectivity index (χ2n) is 4.59.